The number of piperidine rings is 1. The van der Waals surface area contributed by atoms with Gasteiger partial charge in [-0.3, -0.25) is 4.79 Å². The molecule has 158 valence electrons. The molecule has 0 aromatic heterocycles. The van der Waals surface area contributed by atoms with Gasteiger partial charge in [-0.2, -0.15) is 0 Å². The molecule has 29 heavy (non-hydrogen) atoms. The van der Waals surface area contributed by atoms with E-state index in [-0.39, 0.29) is 24.8 Å². The van der Waals surface area contributed by atoms with Crippen LogP contribution < -0.4 is 4.74 Å². The number of likely N-dealkylation sites (tertiary alicyclic amines) is 1. The lowest BCUT2D eigenvalue weighted by atomic mass is 9.90. The SMILES string of the molecule is CCC(=O)c1ccc(OCC(O)CN2CCC(Cc3ccccc3)CC2)cc1.Cl. The Balaban J connectivity index is 0.00000300. The van der Waals surface area contributed by atoms with Crippen LogP contribution >= 0.6 is 12.4 Å². The third-order valence-electron chi connectivity index (χ3n) is 5.48. The molecule has 2 aromatic rings. The first kappa shape index (κ1) is 23.4. The zero-order chi connectivity index (χ0) is 19.8. The van der Waals surface area contributed by atoms with Gasteiger partial charge in [0.25, 0.3) is 0 Å². The van der Waals surface area contributed by atoms with Crippen molar-refractivity contribution in [2.45, 2.75) is 38.7 Å². The second-order valence-corrected chi connectivity index (χ2v) is 7.70. The highest BCUT2D eigenvalue weighted by atomic mass is 35.5. The largest absolute Gasteiger partial charge is 0.491 e. The minimum absolute atomic E-state index is 0. The number of β-amino-alcohol motifs (C(OH)–C–C–N with tert-alkyl or cyclic N) is 1. The number of carbonyl (C=O) groups is 1. The Morgan fingerprint density at radius 1 is 1.10 bits per heavy atom. The minimum atomic E-state index is -0.511. The van der Waals surface area contributed by atoms with Crippen LogP contribution in [0.1, 0.15) is 42.1 Å². The van der Waals surface area contributed by atoms with Crippen LogP contribution in [0, 0.1) is 5.92 Å². The molecular weight excluding hydrogens is 386 g/mol. The maximum atomic E-state index is 11.7. The van der Waals surface area contributed by atoms with E-state index < -0.39 is 6.10 Å². The molecule has 5 heteroatoms. The number of Topliss-reactive ketones (excluding diaryl/α,β-unsaturated/α-hetero) is 1. The first-order chi connectivity index (χ1) is 13.6. The molecule has 1 N–H and O–H groups in total. The highest BCUT2D eigenvalue weighted by molar-refractivity contribution is 5.95. The molecule has 1 unspecified atom stereocenters. The average molecular weight is 418 g/mol. The van der Waals surface area contributed by atoms with E-state index in [4.69, 9.17) is 4.74 Å². The molecule has 0 spiro atoms. The van der Waals surface area contributed by atoms with Gasteiger partial charge in [0.2, 0.25) is 0 Å². The summed E-state index contributed by atoms with van der Waals surface area (Å²) in [5, 5.41) is 10.3. The fraction of sp³-hybridized carbons (Fsp3) is 0.458. The van der Waals surface area contributed by atoms with E-state index in [0.717, 1.165) is 25.4 Å². The molecule has 0 bridgehead atoms. The van der Waals surface area contributed by atoms with Crippen molar-refractivity contribution < 1.29 is 14.6 Å². The summed E-state index contributed by atoms with van der Waals surface area (Å²) in [6, 6.07) is 17.8. The number of ether oxygens (including phenoxy) is 1. The lowest BCUT2D eigenvalue weighted by Crippen LogP contribution is -2.41. The first-order valence-electron chi connectivity index (χ1n) is 10.3. The van der Waals surface area contributed by atoms with E-state index in [1.54, 1.807) is 24.3 Å². The summed E-state index contributed by atoms with van der Waals surface area (Å²) in [7, 11) is 0. The van der Waals surface area contributed by atoms with Gasteiger partial charge in [-0.05, 0) is 68.1 Å². The van der Waals surface area contributed by atoms with Gasteiger partial charge in [0.15, 0.2) is 5.78 Å². The quantitative estimate of drug-likeness (QED) is 0.614. The third-order valence-corrected chi connectivity index (χ3v) is 5.48. The molecule has 2 aromatic carbocycles. The monoisotopic (exact) mass is 417 g/mol. The molecule has 1 aliphatic rings. The van der Waals surface area contributed by atoms with Gasteiger partial charge in [0.1, 0.15) is 18.5 Å². The van der Waals surface area contributed by atoms with Crippen molar-refractivity contribution in [2.75, 3.05) is 26.2 Å². The summed E-state index contributed by atoms with van der Waals surface area (Å²) in [5.74, 6) is 1.55. The van der Waals surface area contributed by atoms with E-state index in [0.29, 0.717) is 24.3 Å². The summed E-state index contributed by atoms with van der Waals surface area (Å²) < 4.78 is 5.69. The van der Waals surface area contributed by atoms with Crippen molar-refractivity contribution in [3.05, 3.63) is 65.7 Å². The van der Waals surface area contributed by atoms with Gasteiger partial charge >= 0.3 is 0 Å². The van der Waals surface area contributed by atoms with Gasteiger partial charge in [0.05, 0.1) is 0 Å². The molecule has 0 radical (unpaired) electrons. The number of aliphatic hydroxyl groups excluding tert-OH is 1. The number of benzene rings is 2. The zero-order valence-electron chi connectivity index (χ0n) is 17.1. The molecule has 1 saturated heterocycles. The fourth-order valence-corrected chi connectivity index (χ4v) is 3.80. The Hall–Kier alpha value is -1.88. The predicted molar refractivity (Wildman–Crippen MR) is 119 cm³/mol. The van der Waals surface area contributed by atoms with E-state index in [1.807, 2.05) is 6.92 Å². The Bertz CT molecular complexity index is 728. The summed E-state index contributed by atoms with van der Waals surface area (Å²) in [6.07, 6.45) is 3.49. The van der Waals surface area contributed by atoms with Gasteiger partial charge < -0.3 is 14.7 Å². The number of carbonyl (C=O) groups excluding carboxylic acids is 1. The maximum absolute atomic E-state index is 11.7. The smallest absolute Gasteiger partial charge is 0.162 e. The number of rotatable bonds is 9. The molecule has 0 amide bonds. The summed E-state index contributed by atoms with van der Waals surface area (Å²) >= 11 is 0. The van der Waals surface area contributed by atoms with Crippen LogP contribution in [0.15, 0.2) is 54.6 Å². The Kier molecular flexibility index (Phi) is 9.65. The van der Waals surface area contributed by atoms with Crippen LogP contribution in [0.4, 0.5) is 0 Å². The van der Waals surface area contributed by atoms with Crippen molar-refractivity contribution in [3.8, 4) is 5.75 Å². The van der Waals surface area contributed by atoms with E-state index in [1.165, 1.54) is 18.4 Å². The zero-order valence-corrected chi connectivity index (χ0v) is 17.9. The lowest BCUT2D eigenvalue weighted by Gasteiger charge is -2.33. The first-order valence-corrected chi connectivity index (χ1v) is 10.3. The van der Waals surface area contributed by atoms with Crippen LogP contribution in [-0.2, 0) is 6.42 Å². The molecule has 4 nitrogen and oxygen atoms in total. The van der Waals surface area contributed by atoms with Gasteiger partial charge in [0, 0.05) is 18.5 Å². The van der Waals surface area contributed by atoms with Crippen LogP contribution in [0.25, 0.3) is 0 Å². The number of halogens is 1. The Labute approximate surface area is 180 Å². The summed E-state index contributed by atoms with van der Waals surface area (Å²) in [5.41, 5.74) is 2.12. The number of aliphatic hydroxyl groups is 1. The number of ketones is 1. The molecule has 1 atom stereocenters. The molecular formula is C24H32ClNO3. The molecule has 1 heterocycles. The van der Waals surface area contributed by atoms with Crippen molar-refractivity contribution in [2.24, 2.45) is 5.92 Å². The molecule has 1 aliphatic heterocycles. The van der Waals surface area contributed by atoms with Crippen LogP contribution in [-0.4, -0.2) is 48.1 Å². The second-order valence-electron chi connectivity index (χ2n) is 7.70. The van der Waals surface area contributed by atoms with Crippen molar-refractivity contribution in [3.63, 3.8) is 0 Å². The van der Waals surface area contributed by atoms with E-state index >= 15 is 0 Å². The second kappa shape index (κ2) is 12.0. The normalized spacial score (nSPS) is 16.1. The fourth-order valence-electron chi connectivity index (χ4n) is 3.80. The topological polar surface area (TPSA) is 49.8 Å². The summed E-state index contributed by atoms with van der Waals surface area (Å²) in [4.78, 5) is 14.0. The molecule has 0 aliphatic carbocycles. The van der Waals surface area contributed by atoms with E-state index in [2.05, 4.69) is 35.2 Å². The number of hydrogen-bond donors (Lipinski definition) is 1. The van der Waals surface area contributed by atoms with Crippen LogP contribution in [0.5, 0.6) is 5.75 Å². The van der Waals surface area contributed by atoms with E-state index in [9.17, 15) is 9.90 Å². The predicted octanol–water partition coefficient (Wildman–Crippen LogP) is 4.40. The van der Waals surface area contributed by atoms with Crippen molar-refractivity contribution in [1.82, 2.24) is 4.90 Å². The molecule has 0 saturated carbocycles. The molecule has 1 fully saturated rings. The standard InChI is InChI=1S/C24H31NO3.ClH/c1-2-24(27)21-8-10-23(11-9-21)28-18-22(26)17-25-14-12-20(13-15-25)16-19-6-4-3-5-7-19;/h3-11,20,22,26H,2,12-18H2,1H3;1H. The number of nitrogens with zero attached hydrogens (tertiary/aromatic N) is 1. The van der Waals surface area contributed by atoms with Crippen molar-refractivity contribution in [1.29, 1.82) is 0 Å². The maximum Gasteiger partial charge on any atom is 0.162 e. The minimum Gasteiger partial charge on any atom is -0.491 e. The Morgan fingerprint density at radius 3 is 2.38 bits per heavy atom. The lowest BCUT2D eigenvalue weighted by molar-refractivity contribution is 0.0550. The number of hydrogen-bond acceptors (Lipinski definition) is 4. The van der Waals surface area contributed by atoms with Gasteiger partial charge in [-0.25, -0.2) is 0 Å². The Morgan fingerprint density at radius 2 is 1.76 bits per heavy atom. The third kappa shape index (κ3) is 7.46. The summed E-state index contributed by atoms with van der Waals surface area (Å²) in [6.45, 7) is 4.83. The van der Waals surface area contributed by atoms with Gasteiger partial charge in [-0.15, -0.1) is 12.4 Å². The highest BCUT2D eigenvalue weighted by Gasteiger charge is 2.21. The van der Waals surface area contributed by atoms with Crippen molar-refractivity contribution >= 4 is 18.2 Å². The van der Waals surface area contributed by atoms with Crippen LogP contribution in [0.3, 0.4) is 0 Å². The van der Waals surface area contributed by atoms with Gasteiger partial charge in [-0.1, -0.05) is 37.3 Å². The molecule has 3 rings (SSSR count). The van der Waals surface area contributed by atoms with Crippen LogP contribution in [0.2, 0.25) is 0 Å². The highest BCUT2D eigenvalue weighted by Crippen LogP contribution is 2.22. The average Bonchev–Trinajstić information content (AvgIpc) is 2.74.